The molecule has 2 aromatic carbocycles. The van der Waals surface area contributed by atoms with Crippen LogP contribution in [0, 0.1) is 21.4 Å². The fraction of sp³-hybridized carbons (Fsp3) is 0.0556. The summed E-state index contributed by atoms with van der Waals surface area (Å²) >= 11 is 5.72. The fourth-order valence-corrected chi connectivity index (χ4v) is 2.27. The van der Waals surface area contributed by atoms with Gasteiger partial charge in [0.05, 0.1) is 4.92 Å². The summed E-state index contributed by atoms with van der Waals surface area (Å²) in [4.78, 5) is 33.4. The van der Waals surface area contributed by atoms with Gasteiger partial charge in [0.15, 0.2) is 0 Å². The van der Waals surface area contributed by atoms with Crippen molar-refractivity contribution in [2.24, 2.45) is 0 Å². The van der Waals surface area contributed by atoms with Gasteiger partial charge in [0.25, 0.3) is 11.6 Å². The summed E-state index contributed by atoms with van der Waals surface area (Å²) in [5.41, 5.74) is 0.700. The van der Waals surface area contributed by atoms with Crippen molar-refractivity contribution in [2.75, 3.05) is 16.0 Å². The standard InChI is InChI=1S/C18H14ClN5O4/c1-11(25)22-14-4-2-13(3-5-14)21-10-12(9-20)18(26)23-15-6-7-16(19)17(8-15)24(27)28/h2-8,10,21H,1H3,(H,22,25)(H,23,26)/b12-10-. The molecule has 0 bridgehead atoms. The van der Waals surface area contributed by atoms with Crippen LogP contribution in [0.25, 0.3) is 0 Å². The maximum absolute atomic E-state index is 12.2. The summed E-state index contributed by atoms with van der Waals surface area (Å²) in [6.07, 6.45) is 1.20. The number of hydrogen-bond acceptors (Lipinski definition) is 6. The smallest absolute Gasteiger partial charge is 0.289 e. The quantitative estimate of drug-likeness (QED) is 0.293. The molecule has 0 saturated carbocycles. The van der Waals surface area contributed by atoms with E-state index in [-0.39, 0.29) is 27.9 Å². The number of nitriles is 1. The molecule has 2 rings (SSSR count). The second-order valence-corrected chi connectivity index (χ2v) is 5.86. The van der Waals surface area contributed by atoms with Crippen LogP contribution in [0.2, 0.25) is 5.02 Å². The van der Waals surface area contributed by atoms with E-state index in [1.807, 2.05) is 0 Å². The van der Waals surface area contributed by atoms with Gasteiger partial charge in [-0.2, -0.15) is 5.26 Å². The number of carbonyl (C=O) groups excluding carboxylic acids is 2. The van der Waals surface area contributed by atoms with Gasteiger partial charge < -0.3 is 16.0 Å². The lowest BCUT2D eigenvalue weighted by atomic mass is 10.2. The first-order chi connectivity index (χ1) is 13.3. The van der Waals surface area contributed by atoms with Crippen molar-refractivity contribution in [3.63, 3.8) is 0 Å². The zero-order chi connectivity index (χ0) is 20.7. The molecule has 9 nitrogen and oxygen atoms in total. The maximum Gasteiger partial charge on any atom is 0.289 e. The number of anilines is 3. The molecule has 0 unspecified atom stereocenters. The number of amides is 2. The van der Waals surface area contributed by atoms with Crippen molar-refractivity contribution >= 4 is 46.2 Å². The number of nitrogens with zero attached hydrogens (tertiary/aromatic N) is 2. The molecule has 0 aliphatic heterocycles. The molecule has 142 valence electrons. The van der Waals surface area contributed by atoms with Crippen LogP contribution >= 0.6 is 11.6 Å². The lowest BCUT2D eigenvalue weighted by Gasteiger charge is -2.07. The molecule has 3 N–H and O–H groups in total. The van der Waals surface area contributed by atoms with Crippen LogP contribution in [-0.4, -0.2) is 16.7 Å². The molecule has 28 heavy (non-hydrogen) atoms. The van der Waals surface area contributed by atoms with Gasteiger partial charge in [-0.05, 0) is 36.4 Å². The van der Waals surface area contributed by atoms with E-state index < -0.39 is 10.8 Å². The average molecular weight is 400 g/mol. The van der Waals surface area contributed by atoms with E-state index in [4.69, 9.17) is 11.6 Å². The molecule has 0 aliphatic carbocycles. The van der Waals surface area contributed by atoms with Crippen molar-refractivity contribution < 1.29 is 14.5 Å². The van der Waals surface area contributed by atoms with Gasteiger partial charge in [0.2, 0.25) is 5.91 Å². The van der Waals surface area contributed by atoms with Crippen molar-refractivity contribution in [1.82, 2.24) is 0 Å². The van der Waals surface area contributed by atoms with Gasteiger partial charge in [0.1, 0.15) is 16.7 Å². The second kappa shape index (κ2) is 9.16. The molecule has 2 amide bonds. The highest BCUT2D eigenvalue weighted by molar-refractivity contribution is 6.32. The second-order valence-electron chi connectivity index (χ2n) is 5.45. The molecule has 10 heteroatoms. The van der Waals surface area contributed by atoms with E-state index in [9.17, 15) is 25.0 Å². The molecule has 0 radical (unpaired) electrons. The Kier molecular flexibility index (Phi) is 6.68. The first-order valence-electron chi connectivity index (χ1n) is 7.80. The van der Waals surface area contributed by atoms with Crippen LogP contribution < -0.4 is 16.0 Å². The summed E-state index contributed by atoms with van der Waals surface area (Å²) in [6, 6.07) is 12.1. The Hall–Kier alpha value is -3.90. The number of rotatable bonds is 6. The highest BCUT2D eigenvalue weighted by Crippen LogP contribution is 2.27. The number of carbonyl (C=O) groups is 2. The fourth-order valence-electron chi connectivity index (χ4n) is 2.09. The summed E-state index contributed by atoms with van der Waals surface area (Å²) < 4.78 is 0. The minimum absolute atomic E-state index is 0.0663. The summed E-state index contributed by atoms with van der Waals surface area (Å²) in [7, 11) is 0. The summed E-state index contributed by atoms with van der Waals surface area (Å²) in [5, 5.41) is 27.8. The van der Waals surface area contributed by atoms with Crippen molar-refractivity contribution in [1.29, 1.82) is 5.26 Å². The zero-order valence-corrected chi connectivity index (χ0v) is 15.3. The van der Waals surface area contributed by atoms with Gasteiger partial charge in [0, 0.05) is 36.3 Å². The molecule has 2 aromatic rings. The summed E-state index contributed by atoms with van der Waals surface area (Å²) in [6.45, 7) is 1.39. The van der Waals surface area contributed by atoms with E-state index in [1.54, 1.807) is 30.3 Å². The third-order valence-corrected chi connectivity index (χ3v) is 3.67. The summed E-state index contributed by atoms with van der Waals surface area (Å²) in [5.74, 6) is -0.951. The molecule has 0 aromatic heterocycles. The molecule has 0 atom stereocenters. The van der Waals surface area contributed by atoms with E-state index in [1.165, 1.54) is 25.3 Å². The highest BCUT2D eigenvalue weighted by atomic mass is 35.5. The molecule has 0 fully saturated rings. The minimum Gasteiger partial charge on any atom is -0.360 e. The van der Waals surface area contributed by atoms with Gasteiger partial charge in [-0.3, -0.25) is 19.7 Å². The zero-order valence-electron chi connectivity index (χ0n) is 14.5. The van der Waals surface area contributed by atoms with Crippen LogP contribution in [-0.2, 0) is 9.59 Å². The lowest BCUT2D eigenvalue weighted by molar-refractivity contribution is -0.384. The number of nitrogens with one attached hydrogen (secondary N) is 3. The number of nitro benzene ring substituents is 1. The number of hydrogen-bond donors (Lipinski definition) is 3. The van der Waals surface area contributed by atoms with Gasteiger partial charge in [-0.1, -0.05) is 11.6 Å². The Morgan fingerprint density at radius 3 is 2.29 bits per heavy atom. The predicted molar refractivity (Wildman–Crippen MR) is 105 cm³/mol. The predicted octanol–water partition coefficient (Wildman–Crippen LogP) is 3.66. The van der Waals surface area contributed by atoms with Gasteiger partial charge in [-0.15, -0.1) is 0 Å². The SMILES string of the molecule is CC(=O)Nc1ccc(N/C=C(/C#N)C(=O)Nc2ccc(Cl)c([N+](=O)[O-])c2)cc1. The van der Waals surface area contributed by atoms with Crippen LogP contribution in [0.15, 0.2) is 54.2 Å². The van der Waals surface area contributed by atoms with E-state index >= 15 is 0 Å². The largest absolute Gasteiger partial charge is 0.360 e. The Balaban J connectivity index is 2.09. The van der Waals surface area contributed by atoms with Crippen LogP contribution in [0.3, 0.4) is 0 Å². The van der Waals surface area contributed by atoms with Crippen molar-refractivity contribution in [3.05, 3.63) is 69.4 Å². The minimum atomic E-state index is -0.749. The first-order valence-corrected chi connectivity index (χ1v) is 8.17. The Morgan fingerprint density at radius 1 is 1.11 bits per heavy atom. The molecule has 0 aliphatic rings. The number of benzene rings is 2. The molecule has 0 saturated heterocycles. The van der Waals surface area contributed by atoms with Crippen LogP contribution in [0.4, 0.5) is 22.7 Å². The Labute approximate surface area is 164 Å². The third-order valence-electron chi connectivity index (χ3n) is 3.35. The molecular weight excluding hydrogens is 386 g/mol. The normalized spacial score (nSPS) is 10.5. The van der Waals surface area contributed by atoms with Crippen LogP contribution in [0.5, 0.6) is 0 Å². The Bertz CT molecular complexity index is 996. The van der Waals surface area contributed by atoms with E-state index in [0.717, 1.165) is 6.07 Å². The van der Waals surface area contributed by atoms with Crippen LogP contribution in [0.1, 0.15) is 6.92 Å². The Morgan fingerprint density at radius 2 is 1.71 bits per heavy atom. The maximum atomic E-state index is 12.2. The topological polar surface area (TPSA) is 137 Å². The lowest BCUT2D eigenvalue weighted by Crippen LogP contribution is -2.14. The van der Waals surface area contributed by atoms with Gasteiger partial charge in [-0.25, -0.2) is 0 Å². The van der Waals surface area contributed by atoms with Crippen molar-refractivity contribution in [2.45, 2.75) is 6.92 Å². The molecule has 0 heterocycles. The average Bonchev–Trinajstić information content (AvgIpc) is 2.64. The monoisotopic (exact) mass is 399 g/mol. The first kappa shape index (κ1) is 20.4. The van der Waals surface area contributed by atoms with E-state index in [0.29, 0.717) is 11.4 Å². The third kappa shape index (κ3) is 5.55. The molecule has 0 spiro atoms. The van der Waals surface area contributed by atoms with Gasteiger partial charge >= 0.3 is 0 Å². The van der Waals surface area contributed by atoms with E-state index in [2.05, 4.69) is 16.0 Å². The van der Waals surface area contributed by atoms with Crippen molar-refractivity contribution in [3.8, 4) is 6.07 Å². The number of nitro groups is 1. The highest BCUT2D eigenvalue weighted by Gasteiger charge is 2.15. The number of halogens is 1. The molecular formula is C18H14ClN5O4.